The van der Waals surface area contributed by atoms with E-state index in [0.29, 0.717) is 19.1 Å². The Morgan fingerprint density at radius 1 is 1.22 bits per heavy atom. The van der Waals surface area contributed by atoms with E-state index < -0.39 is 12.0 Å². The van der Waals surface area contributed by atoms with Gasteiger partial charge in [-0.3, -0.25) is 9.69 Å². The van der Waals surface area contributed by atoms with Crippen molar-refractivity contribution in [3.63, 3.8) is 0 Å². The van der Waals surface area contributed by atoms with Gasteiger partial charge in [0.15, 0.2) is 0 Å². The number of carbonyl (C=O) groups is 2. The summed E-state index contributed by atoms with van der Waals surface area (Å²) in [6, 6.07) is -0.290. The predicted molar refractivity (Wildman–Crippen MR) is 67.3 cm³/mol. The molecule has 5 heteroatoms. The second kappa shape index (κ2) is 5.69. The first-order valence-corrected chi connectivity index (χ1v) is 6.82. The summed E-state index contributed by atoms with van der Waals surface area (Å²) in [6.45, 7) is 0.854. The average molecular weight is 254 g/mol. The molecule has 0 spiro atoms. The van der Waals surface area contributed by atoms with E-state index in [1.807, 2.05) is 0 Å². The summed E-state index contributed by atoms with van der Waals surface area (Å²) in [4.78, 5) is 26.5. The molecule has 1 unspecified atom stereocenters. The van der Waals surface area contributed by atoms with Crippen molar-refractivity contribution in [2.24, 2.45) is 0 Å². The van der Waals surface area contributed by atoms with Crippen molar-refractivity contribution >= 4 is 11.9 Å². The number of carboxylic acid groups (broad SMARTS) is 1. The van der Waals surface area contributed by atoms with Crippen molar-refractivity contribution in [1.82, 2.24) is 9.80 Å². The molecule has 1 heterocycles. The van der Waals surface area contributed by atoms with Gasteiger partial charge >= 0.3 is 5.97 Å². The molecule has 5 nitrogen and oxygen atoms in total. The SMILES string of the molecule is CN1C(=O)CN(C2CCCCCC2)CC1C(=O)O. The van der Waals surface area contributed by atoms with Gasteiger partial charge in [-0.2, -0.15) is 0 Å². The van der Waals surface area contributed by atoms with Crippen LogP contribution in [0.4, 0.5) is 0 Å². The number of hydrogen-bond acceptors (Lipinski definition) is 3. The number of nitrogens with zero attached hydrogens (tertiary/aromatic N) is 2. The largest absolute Gasteiger partial charge is 0.480 e. The predicted octanol–water partition coefficient (Wildman–Crippen LogP) is 0.936. The number of amides is 1. The third-order valence-corrected chi connectivity index (χ3v) is 4.23. The maximum atomic E-state index is 11.9. The van der Waals surface area contributed by atoms with Crippen molar-refractivity contribution in [2.75, 3.05) is 20.1 Å². The third-order valence-electron chi connectivity index (χ3n) is 4.23. The Hall–Kier alpha value is -1.10. The van der Waals surface area contributed by atoms with Gasteiger partial charge in [0, 0.05) is 19.6 Å². The van der Waals surface area contributed by atoms with Crippen molar-refractivity contribution in [1.29, 1.82) is 0 Å². The second-order valence-electron chi connectivity index (χ2n) is 5.43. The van der Waals surface area contributed by atoms with Crippen LogP contribution in [-0.4, -0.2) is 59.0 Å². The maximum absolute atomic E-state index is 11.9. The Balaban J connectivity index is 2.04. The number of piperazine rings is 1. The Morgan fingerprint density at radius 3 is 2.39 bits per heavy atom. The van der Waals surface area contributed by atoms with Crippen molar-refractivity contribution in [3.8, 4) is 0 Å². The Labute approximate surface area is 108 Å². The molecule has 0 bridgehead atoms. The van der Waals surface area contributed by atoms with E-state index in [4.69, 9.17) is 0 Å². The maximum Gasteiger partial charge on any atom is 0.327 e. The molecule has 1 saturated heterocycles. The summed E-state index contributed by atoms with van der Waals surface area (Å²) in [5.74, 6) is -0.970. The van der Waals surface area contributed by atoms with Gasteiger partial charge in [0.05, 0.1) is 6.54 Å². The fourth-order valence-electron chi connectivity index (χ4n) is 3.01. The fraction of sp³-hybridized carbons (Fsp3) is 0.846. The molecular formula is C13H22N2O3. The van der Waals surface area contributed by atoms with Crippen molar-refractivity contribution in [2.45, 2.75) is 50.6 Å². The van der Waals surface area contributed by atoms with Crippen LogP contribution in [0.25, 0.3) is 0 Å². The average Bonchev–Trinajstić information content (AvgIpc) is 2.60. The van der Waals surface area contributed by atoms with Gasteiger partial charge in [0.2, 0.25) is 5.91 Å². The topological polar surface area (TPSA) is 60.9 Å². The molecule has 0 aromatic rings. The molecular weight excluding hydrogens is 232 g/mol. The van der Waals surface area contributed by atoms with E-state index >= 15 is 0 Å². The summed E-state index contributed by atoms with van der Waals surface area (Å²) >= 11 is 0. The Morgan fingerprint density at radius 2 is 1.83 bits per heavy atom. The highest BCUT2D eigenvalue weighted by molar-refractivity contribution is 5.86. The summed E-state index contributed by atoms with van der Waals surface area (Å²) in [6.07, 6.45) is 7.12. The first kappa shape index (κ1) is 13.3. The van der Waals surface area contributed by atoms with Crippen LogP contribution in [0.3, 0.4) is 0 Å². The van der Waals surface area contributed by atoms with Gasteiger partial charge in [-0.25, -0.2) is 4.79 Å². The molecule has 18 heavy (non-hydrogen) atoms. The fourth-order valence-corrected chi connectivity index (χ4v) is 3.01. The molecule has 1 amide bonds. The molecule has 1 saturated carbocycles. The third kappa shape index (κ3) is 2.83. The lowest BCUT2D eigenvalue weighted by atomic mass is 10.0. The molecule has 102 valence electrons. The molecule has 1 aliphatic heterocycles. The van der Waals surface area contributed by atoms with Crippen LogP contribution in [0.2, 0.25) is 0 Å². The number of hydrogen-bond donors (Lipinski definition) is 1. The Kier molecular flexibility index (Phi) is 4.22. The lowest BCUT2D eigenvalue weighted by Crippen LogP contribution is -2.59. The summed E-state index contributed by atoms with van der Waals surface area (Å²) in [5.41, 5.74) is 0. The Bertz CT molecular complexity index is 324. The van der Waals surface area contributed by atoms with Gasteiger partial charge in [-0.1, -0.05) is 25.7 Å². The van der Waals surface area contributed by atoms with Crippen molar-refractivity contribution in [3.05, 3.63) is 0 Å². The van der Waals surface area contributed by atoms with Crippen LogP contribution >= 0.6 is 0 Å². The molecule has 1 aliphatic carbocycles. The van der Waals surface area contributed by atoms with E-state index in [9.17, 15) is 14.7 Å². The summed E-state index contributed by atoms with van der Waals surface area (Å²) in [5, 5.41) is 9.18. The molecule has 2 fully saturated rings. The van der Waals surface area contributed by atoms with Crippen LogP contribution in [0.1, 0.15) is 38.5 Å². The molecule has 2 aliphatic rings. The van der Waals surface area contributed by atoms with E-state index in [1.165, 1.54) is 30.6 Å². The lowest BCUT2D eigenvalue weighted by Gasteiger charge is -2.40. The van der Waals surface area contributed by atoms with Gasteiger partial charge in [0.1, 0.15) is 6.04 Å². The number of carbonyl (C=O) groups excluding carboxylic acids is 1. The van der Waals surface area contributed by atoms with Crippen LogP contribution in [0.5, 0.6) is 0 Å². The zero-order valence-electron chi connectivity index (χ0n) is 11.0. The van der Waals surface area contributed by atoms with Gasteiger partial charge in [-0.15, -0.1) is 0 Å². The minimum Gasteiger partial charge on any atom is -0.480 e. The monoisotopic (exact) mass is 254 g/mol. The van der Waals surface area contributed by atoms with Crippen LogP contribution in [0, 0.1) is 0 Å². The first-order valence-electron chi connectivity index (χ1n) is 6.82. The molecule has 0 aromatic heterocycles. The van der Waals surface area contributed by atoms with Crippen LogP contribution < -0.4 is 0 Å². The summed E-state index contributed by atoms with van der Waals surface area (Å²) < 4.78 is 0. The minimum absolute atomic E-state index is 0.0714. The highest BCUT2D eigenvalue weighted by atomic mass is 16.4. The van der Waals surface area contributed by atoms with E-state index in [0.717, 1.165) is 12.8 Å². The van der Waals surface area contributed by atoms with Crippen LogP contribution in [0.15, 0.2) is 0 Å². The smallest absolute Gasteiger partial charge is 0.327 e. The zero-order chi connectivity index (χ0) is 13.1. The lowest BCUT2D eigenvalue weighted by molar-refractivity contribution is -0.155. The number of rotatable bonds is 2. The highest BCUT2D eigenvalue weighted by Gasteiger charge is 2.37. The quantitative estimate of drug-likeness (QED) is 0.745. The highest BCUT2D eigenvalue weighted by Crippen LogP contribution is 2.24. The van der Waals surface area contributed by atoms with Gasteiger partial charge in [0.25, 0.3) is 0 Å². The van der Waals surface area contributed by atoms with Crippen molar-refractivity contribution < 1.29 is 14.7 Å². The number of carboxylic acids is 1. The first-order chi connectivity index (χ1) is 8.59. The standard InChI is InChI=1S/C13H22N2O3/c1-14-11(13(17)18)8-15(9-12(14)16)10-6-4-2-3-5-7-10/h10-11H,2-9H2,1H3,(H,17,18). The van der Waals surface area contributed by atoms with Crippen LogP contribution in [-0.2, 0) is 9.59 Å². The van der Waals surface area contributed by atoms with Gasteiger partial charge in [-0.05, 0) is 12.8 Å². The molecule has 2 rings (SSSR count). The summed E-state index contributed by atoms with van der Waals surface area (Å²) in [7, 11) is 1.59. The molecule has 0 aromatic carbocycles. The molecule has 0 radical (unpaired) electrons. The number of likely N-dealkylation sites (N-methyl/N-ethyl adjacent to an activating group) is 1. The van der Waals surface area contributed by atoms with E-state index in [-0.39, 0.29) is 5.91 Å². The minimum atomic E-state index is -0.899. The van der Waals surface area contributed by atoms with E-state index in [2.05, 4.69) is 4.90 Å². The van der Waals surface area contributed by atoms with Gasteiger partial charge < -0.3 is 10.0 Å². The zero-order valence-corrected chi connectivity index (χ0v) is 11.0. The second-order valence-corrected chi connectivity index (χ2v) is 5.43. The molecule has 1 N–H and O–H groups in total. The normalized spacial score (nSPS) is 28.2. The number of aliphatic carboxylic acids is 1. The molecule has 1 atom stereocenters. The van der Waals surface area contributed by atoms with E-state index in [1.54, 1.807) is 7.05 Å².